The standard InChI is InChI=1S/C26H27N7O3/c1-14-22-19(13-36-14)18-7-4-15(8-20(18)30-23(22)27)11-33(21-12-32(2)31-25(21)35-3)26(34)17-9-28-24(29-10-17)16-5-6-16/h4,7-10,12,14,16H,5-6,11,13H2,1-3H3,(H2,27,30)/t14-/m1/s1. The largest absolute Gasteiger partial charge is 0.478 e. The zero-order valence-corrected chi connectivity index (χ0v) is 20.4. The number of carbonyl (C=O) groups excluding carboxylic acids is 1. The van der Waals surface area contributed by atoms with Crippen molar-refractivity contribution in [3.05, 3.63) is 64.9 Å². The fraction of sp³-hybridized carbons (Fsp3) is 0.346. The molecule has 10 heteroatoms. The Hall–Kier alpha value is -4.05. The smallest absolute Gasteiger partial charge is 0.261 e. The van der Waals surface area contributed by atoms with Crippen molar-refractivity contribution < 1.29 is 14.3 Å². The van der Waals surface area contributed by atoms with Gasteiger partial charge in [0.15, 0.2) is 0 Å². The predicted molar refractivity (Wildman–Crippen MR) is 134 cm³/mol. The van der Waals surface area contributed by atoms with Crippen LogP contribution in [0.5, 0.6) is 5.88 Å². The first kappa shape index (κ1) is 22.4. The Balaban J connectivity index is 1.38. The number of rotatable bonds is 6. The molecule has 2 N–H and O–H groups in total. The number of hydrogen-bond donors (Lipinski definition) is 1. The lowest BCUT2D eigenvalue weighted by Crippen LogP contribution is -2.31. The molecule has 4 heterocycles. The molecule has 0 spiro atoms. The van der Waals surface area contributed by atoms with Gasteiger partial charge in [0.05, 0.1) is 43.6 Å². The van der Waals surface area contributed by atoms with Gasteiger partial charge < -0.3 is 15.2 Å². The van der Waals surface area contributed by atoms with Crippen molar-refractivity contribution in [2.75, 3.05) is 17.7 Å². The normalized spacial score (nSPS) is 16.8. The lowest BCUT2D eigenvalue weighted by molar-refractivity contribution is 0.0801. The number of amides is 1. The monoisotopic (exact) mass is 485 g/mol. The summed E-state index contributed by atoms with van der Waals surface area (Å²) >= 11 is 0. The molecule has 1 aliphatic heterocycles. The summed E-state index contributed by atoms with van der Waals surface area (Å²) in [4.78, 5) is 28.9. The van der Waals surface area contributed by atoms with E-state index in [1.54, 1.807) is 35.2 Å². The Morgan fingerprint density at radius 3 is 2.78 bits per heavy atom. The van der Waals surface area contributed by atoms with Gasteiger partial charge in [0, 0.05) is 36.3 Å². The predicted octanol–water partition coefficient (Wildman–Crippen LogP) is 3.66. The van der Waals surface area contributed by atoms with Gasteiger partial charge in [0.1, 0.15) is 17.3 Å². The fourth-order valence-electron chi connectivity index (χ4n) is 4.81. The molecule has 1 atom stereocenters. The van der Waals surface area contributed by atoms with E-state index >= 15 is 0 Å². The Bertz CT molecular complexity index is 1480. The van der Waals surface area contributed by atoms with E-state index in [9.17, 15) is 4.79 Å². The van der Waals surface area contributed by atoms with E-state index in [2.05, 4.69) is 20.1 Å². The summed E-state index contributed by atoms with van der Waals surface area (Å²) in [6.07, 6.45) is 7.09. The van der Waals surface area contributed by atoms with Crippen LogP contribution in [0, 0.1) is 0 Å². The highest BCUT2D eigenvalue weighted by molar-refractivity contribution is 6.06. The molecule has 1 aromatic carbocycles. The van der Waals surface area contributed by atoms with E-state index in [-0.39, 0.29) is 18.6 Å². The number of nitrogens with zero attached hydrogens (tertiary/aromatic N) is 6. The third-order valence-corrected chi connectivity index (χ3v) is 6.82. The van der Waals surface area contributed by atoms with E-state index in [0.29, 0.717) is 35.5 Å². The lowest BCUT2D eigenvalue weighted by Gasteiger charge is -2.22. The number of pyridine rings is 1. The van der Waals surface area contributed by atoms with Crippen LogP contribution in [0.2, 0.25) is 0 Å². The quantitative estimate of drug-likeness (QED) is 0.439. The number of nitrogen functional groups attached to an aromatic ring is 1. The average Bonchev–Trinajstić information content (AvgIpc) is 3.56. The highest BCUT2D eigenvalue weighted by Crippen LogP contribution is 2.39. The molecule has 36 heavy (non-hydrogen) atoms. The van der Waals surface area contributed by atoms with E-state index in [1.165, 1.54) is 7.11 Å². The minimum Gasteiger partial charge on any atom is -0.478 e. The summed E-state index contributed by atoms with van der Waals surface area (Å²) in [5.41, 5.74) is 10.9. The van der Waals surface area contributed by atoms with Gasteiger partial charge in [-0.2, -0.15) is 0 Å². The van der Waals surface area contributed by atoms with E-state index < -0.39 is 0 Å². The number of fused-ring (bicyclic) bond motifs is 3. The van der Waals surface area contributed by atoms with Gasteiger partial charge in [-0.3, -0.25) is 14.4 Å². The van der Waals surface area contributed by atoms with Gasteiger partial charge in [0.25, 0.3) is 11.8 Å². The summed E-state index contributed by atoms with van der Waals surface area (Å²) < 4.78 is 12.9. The molecule has 2 aliphatic rings. The first-order chi connectivity index (χ1) is 17.4. The summed E-state index contributed by atoms with van der Waals surface area (Å²) in [5.74, 6) is 1.80. The topological polar surface area (TPSA) is 121 Å². The number of benzene rings is 1. The van der Waals surface area contributed by atoms with E-state index in [0.717, 1.165) is 46.3 Å². The molecule has 1 amide bonds. The first-order valence-corrected chi connectivity index (χ1v) is 12.0. The summed E-state index contributed by atoms with van der Waals surface area (Å²) in [7, 11) is 3.32. The van der Waals surface area contributed by atoms with Crippen LogP contribution in [0.3, 0.4) is 0 Å². The first-order valence-electron chi connectivity index (χ1n) is 12.0. The number of methoxy groups -OCH3 is 1. The molecule has 184 valence electrons. The van der Waals surface area contributed by atoms with E-state index in [4.69, 9.17) is 15.2 Å². The molecule has 6 rings (SSSR count). The van der Waals surface area contributed by atoms with Gasteiger partial charge in [-0.1, -0.05) is 12.1 Å². The van der Waals surface area contributed by atoms with Crippen LogP contribution in [0.1, 0.15) is 64.7 Å². The van der Waals surface area contributed by atoms with Crippen molar-refractivity contribution in [3.8, 4) is 5.88 Å². The maximum atomic E-state index is 13.7. The minimum absolute atomic E-state index is 0.0729. The number of carbonyl (C=O) groups is 1. The van der Waals surface area contributed by atoms with Crippen LogP contribution in [-0.4, -0.2) is 37.7 Å². The Morgan fingerprint density at radius 2 is 2.06 bits per heavy atom. The molecule has 0 bridgehead atoms. The Labute approximate surface area is 208 Å². The van der Waals surface area contributed by atoms with Crippen LogP contribution in [0.4, 0.5) is 11.5 Å². The number of aromatic nitrogens is 5. The molecule has 0 saturated heterocycles. The molecule has 1 fully saturated rings. The summed E-state index contributed by atoms with van der Waals surface area (Å²) in [5, 5.41) is 5.36. The minimum atomic E-state index is -0.243. The average molecular weight is 486 g/mol. The number of nitrogens with two attached hydrogens (primary N) is 1. The second kappa shape index (κ2) is 8.56. The molecule has 0 unspecified atom stereocenters. The number of anilines is 2. The van der Waals surface area contributed by atoms with Crippen molar-refractivity contribution in [1.29, 1.82) is 0 Å². The van der Waals surface area contributed by atoms with Crippen molar-refractivity contribution in [1.82, 2.24) is 24.7 Å². The van der Waals surface area contributed by atoms with Crippen LogP contribution < -0.4 is 15.4 Å². The number of ether oxygens (including phenoxy) is 2. The van der Waals surface area contributed by atoms with Crippen molar-refractivity contribution in [3.63, 3.8) is 0 Å². The van der Waals surface area contributed by atoms with Gasteiger partial charge in [-0.25, -0.2) is 15.0 Å². The third-order valence-electron chi connectivity index (χ3n) is 6.82. The lowest BCUT2D eigenvalue weighted by atomic mass is 10.0. The third kappa shape index (κ3) is 3.83. The molecular weight excluding hydrogens is 458 g/mol. The van der Waals surface area contributed by atoms with E-state index in [1.807, 2.05) is 25.1 Å². The van der Waals surface area contributed by atoms with Crippen molar-refractivity contribution in [2.24, 2.45) is 7.05 Å². The fourth-order valence-corrected chi connectivity index (χ4v) is 4.81. The van der Waals surface area contributed by atoms with Gasteiger partial charge >= 0.3 is 0 Å². The highest BCUT2D eigenvalue weighted by Gasteiger charge is 2.29. The second-order valence-corrected chi connectivity index (χ2v) is 9.39. The molecule has 3 aromatic heterocycles. The molecule has 1 aliphatic carbocycles. The Kier molecular flexibility index (Phi) is 5.33. The second-order valence-electron chi connectivity index (χ2n) is 9.39. The van der Waals surface area contributed by atoms with Crippen molar-refractivity contribution >= 4 is 28.3 Å². The SMILES string of the molecule is COc1nn(C)cc1N(Cc1ccc2c3c(c(N)nc2c1)[C@@H](C)OC3)C(=O)c1cnc(C2CC2)nc1. The molecule has 10 nitrogen and oxygen atoms in total. The molecule has 0 radical (unpaired) electrons. The molecule has 4 aromatic rings. The number of aryl methyl sites for hydroxylation is 1. The maximum Gasteiger partial charge on any atom is 0.261 e. The summed E-state index contributed by atoms with van der Waals surface area (Å²) in [6.45, 7) is 2.76. The van der Waals surface area contributed by atoms with Crippen LogP contribution in [0.25, 0.3) is 10.9 Å². The Morgan fingerprint density at radius 1 is 1.28 bits per heavy atom. The van der Waals surface area contributed by atoms with Crippen LogP contribution in [0.15, 0.2) is 36.8 Å². The van der Waals surface area contributed by atoms with Crippen LogP contribution in [-0.2, 0) is 24.9 Å². The van der Waals surface area contributed by atoms with Gasteiger partial charge in [0.2, 0.25) is 0 Å². The van der Waals surface area contributed by atoms with Crippen molar-refractivity contribution in [2.45, 2.75) is 44.9 Å². The van der Waals surface area contributed by atoms with Gasteiger partial charge in [-0.05, 0) is 37.0 Å². The zero-order valence-electron chi connectivity index (χ0n) is 20.4. The molecular formula is C26H27N7O3. The summed E-state index contributed by atoms with van der Waals surface area (Å²) in [6, 6.07) is 5.98. The van der Waals surface area contributed by atoms with Gasteiger partial charge in [-0.15, -0.1) is 5.10 Å². The maximum absolute atomic E-state index is 13.7. The molecule has 1 saturated carbocycles. The zero-order chi connectivity index (χ0) is 25.0. The van der Waals surface area contributed by atoms with Crippen LogP contribution >= 0.6 is 0 Å². The highest BCUT2D eigenvalue weighted by atomic mass is 16.5. The number of hydrogen-bond acceptors (Lipinski definition) is 8.